The van der Waals surface area contributed by atoms with Gasteiger partial charge in [0.25, 0.3) is 17.3 Å². The number of nitrogens with zero attached hydrogens (tertiary/aromatic N) is 3. The van der Waals surface area contributed by atoms with Crippen LogP contribution in [0, 0.1) is 31.6 Å². The zero-order valence-corrected chi connectivity index (χ0v) is 14.2. The molecule has 9 nitrogen and oxygen atoms in total. The fraction of sp³-hybridized carbons (Fsp3) is 0.250. The van der Waals surface area contributed by atoms with E-state index in [4.69, 9.17) is 0 Å². The Kier molecular flexibility index (Phi) is 4.64. The van der Waals surface area contributed by atoms with Crippen LogP contribution >= 0.6 is 11.3 Å². The van der Waals surface area contributed by atoms with E-state index < -0.39 is 27.1 Å². The van der Waals surface area contributed by atoms with Gasteiger partial charge in [0.15, 0.2) is 0 Å². The predicted molar refractivity (Wildman–Crippen MR) is 93.4 cm³/mol. The largest absolute Gasteiger partial charge is 0.312 e. The number of nitro groups is 2. The molecule has 0 spiro atoms. The summed E-state index contributed by atoms with van der Waals surface area (Å²) in [4.78, 5) is 33.8. The second-order valence-electron chi connectivity index (χ2n) is 5.73. The van der Waals surface area contributed by atoms with E-state index in [2.05, 4.69) is 11.4 Å². The Morgan fingerprint density at radius 1 is 1.12 bits per heavy atom. The molecule has 0 fully saturated rings. The first kappa shape index (κ1) is 17.5. The fourth-order valence-corrected chi connectivity index (χ4v) is 4.12. The van der Waals surface area contributed by atoms with Gasteiger partial charge in [0, 0.05) is 17.0 Å². The molecule has 132 valence electrons. The van der Waals surface area contributed by atoms with E-state index in [1.54, 1.807) is 0 Å². The number of hydrogen-bond donors (Lipinski definition) is 1. The molecule has 0 atom stereocenters. The Balaban J connectivity index is 1.96. The lowest BCUT2D eigenvalue weighted by molar-refractivity contribution is -0.394. The van der Waals surface area contributed by atoms with Gasteiger partial charge in [-0.25, -0.2) is 0 Å². The maximum Gasteiger partial charge on any atom is 0.277 e. The summed E-state index contributed by atoms with van der Waals surface area (Å²) in [5, 5.41) is 34.3. The molecule has 0 unspecified atom stereocenters. The number of benzene rings is 1. The zero-order valence-electron chi connectivity index (χ0n) is 13.4. The smallest absolute Gasteiger partial charge is 0.277 e. The van der Waals surface area contributed by atoms with Crippen molar-refractivity contribution in [3.8, 4) is 6.07 Å². The fourth-order valence-electron chi connectivity index (χ4n) is 2.88. The van der Waals surface area contributed by atoms with Gasteiger partial charge in [0.05, 0.1) is 27.0 Å². The van der Waals surface area contributed by atoms with E-state index in [1.807, 2.05) is 0 Å². The van der Waals surface area contributed by atoms with Gasteiger partial charge in [0.2, 0.25) is 0 Å². The third-order valence-corrected chi connectivity index (χ3v) is 5.30. The monoisotopic (exact) mass is 372 g/mol. The van der Waals surface area contributed by atoms with Crippen molar-refractivity contribution in [1.29, 1.82) is 5.26 Å². The van der Waals surface area contributed by atoms with E-state index in [9.17, 15) is 30.3 Å². The summed E-state index contributed by atoms with van der Waals surface area (Å²) >= 11 is 1.31. The number of anilines is 1. The molecule has 3 rings (SSSR count). The lowest BCUT2D eigenvalue weighted by Crippen LogP contribution is -2.12. The van der Waals surface area contributed by atoms with Gasteiger partial charge in [-0.15, -0.1) is 11.3 Å². The topological polar surface area (TPSA) is 139 Å². The van der Waals surface area contributed by atoms with Crippen LogP contribution in [0.25, 0.3) is 0 Å². The Morgan fingerprint density at radius 3 is 2.31 bits per heavy atom. The number of carbonyl (C=O) groups excluding carboxylic acids is 1. The minimum Gasteiger partial charge on any atom is -0.312 e. The minimum absolute atomic E-state index is 0.207. The molecular formula is C16H12N4O5S. The highest BCUT2D eigenvalue weighted by Gasteiger charge is 2.24. The van der Waals surface area contributed by atoms with Gasteiger partial charge in [-0.3, -0.25) is 25.0 Å². The van der Waals surface area contributed by atoms with Crippen LogP contribution in [0.1, 0.15) is 39.2 Å². The second-order valence-corrected chi connectivity index (χ2v) is 6.84. The van der Waals surface area contributed by atoms with Gasteiger partial charge in [-0.2, -0.15) is 5.26 Å². The van der Waals surface area contributed by atoms with E-state index in [-0.39, 0.29) is 5.56 Å². The van der Waals surface area contributed by atoms with Crippen molar-refractivity contribution in [3.63, 3.8) is 0 Å². The van der Waals surface area contributed by atoms with E-state index >= 15 is 0 Å². The Hall–Kier alpha value is -3.32. The van der Waals surface area contributed by atoms with E-state index in [1.165, 1.54) is 11.3 Å². The molecule has 1 N–H and O–H groups in total. The van der Waals surface area contributed by atoms with E-state index in [0.717, 1.165) is 54.3 Å². The van der Waals surface area contributed by atoms with Crippen molar-refractivity contribution >= 4 is 33.6 Å². The molecular weight excluding hydrogens is 360 g/mol. The molecule has 1 heterocycles. The quantitative estimate of drug-likeness (QED) is 0.643. The maximum absolute atomic E-state index is 12.5. The summed E-state index contributed by atoms with van der Waals surface area (Å²) in [6, 6.07) is 4.84. The van der Waals surface area contributed by atoms with Crippen LogP contribution in [-0.4, -0.2) is 15.8 Å². The first-order chi connectivity index (χ1) is 12.4. The van der Waals surface area contributed by atoms with Crippen molar-refractivity contribution in [3.05, 3.63) is 60.0 Å². The number of non-ortho nitro benzene ring substituents is 2. The molecule has 1 aliphatic carbocycles. The van der Waals surface area contributed by atoms with Gasteiger partial charge in [-0.05, 0) is 31.2 Å². The zero-order chi connectivity index (χ0) is 18.8. The number of hydrogen-bond acceptors (Lipinski definition) is 7. The number of fused-ring (bicyclic) bond motifs is 1. The number of rotatable bonds is 4. The summed E-state index contributed by atoms with van der Waals surface area (Å²) in [6.45, 7) is 0. The average molecular weight is 372 g/mol. The standard InChI is InChI=1S/C16H12N4O5S/c17-8-13-12-3-1-2-4-14(12)26-16(13)18-15(21)9-5-10(19(22)23)7-11(6-9)20(24)25/h5-7H,1-4H2,(H,18,21). The number of nitro benzene ring substituents is 2. The molecule has 10 heteroatoms. The van der Waals surface area contributed by atoms with E-state index in [0.29, 0.717) is 10.6 Å². The van der Waals surface area contributed by atoms with Crippen molar-refractivity contribution in [2.24, 2.45) is 0 Å². The van der Waals surface area contributed by atoms with Crippen LogP contribution in [0.3, 0.4) is 0 Å². The molecule has 0 saturated carbocycles. The first-order valence-corrected chi connectivity index (χ1v) is 8.52. The highest BCUT2D eigenvalue weighted by molar-refractivity contribution is 7.16. The summed E-state index contributed by atoms with van der Waals surface area (Å²) in [5.41, 5.74) is 0.0360. The summed E-state index contributed by atoms with van der Waals surface area (Å²) in [5.74, 6) is -0.730. The van der Waals surface area contributed by atoms with Crippen LogP contribution in [0.2, 0.25) is 0 Å². The first-order valence-electron chi connectivity index (χ1n) is 7.70. The van der Waals surface area contributed by atoms with Crippen molar-refractivity contribution < 1.29 is 14.6 Å². The average Bonchev–Trinajstić information content (AvgIpc) is 2.98. The second kappa shape index (κ2) is 6.89. The molecule has 1 aromatic heterocycles. The highest BCUT2D eigenvalue weighted by Crippen LogP contribution is 2.38. The highest BCUT2D eigenvalue weighted by atomic mass is 32.1. The number of amides is 1. The molecule has 1 aliphatic rings. The SMILES string of the molecule is N#Cc1c(NC(=O)c2cc([N+](=O)[O-])cc([N+](=O)[O-])c2)sc2c1CCCC2. The number of thiophene rings is 1. The molecule has 0 radical (unpaired) electrons. The Morgan fingerprint density at radius 2 is 1.73 bits per heavy atom. The lowest BCUT2D eigenvalue weighted by Gasteiger charge is -2.09. The van der Waals surface area contributed by atoms with Crippen LogP contribution in [0.5, 0.6) is 0 Å². The molecule has 26 heavy (non-hydrogen) atoms. The lowest BCUT2D eigenvalue weighted by atomic mass is 9.96. The summed E-state index contributed by atoms with van der Waals surface area (Å²) in [6.07, 6.45) is 3.60. The third kappa shape index (κ3) is 3.25. The van der Waals surface area contributed by atoms with Gasteiger partial charge >= 0.3 is 0 Å². The summed E-state index contributed by atoms with van der Waals surface area (Å²) in [7, 11) is 0. The van der Waals surface area contributed by atoms with Crippen LogP contribution in [0.15, 0.2) is 18.2 Å². The van der Waals surface area contributed by atoms with Gasteiger partial charge in [-0.1, -0.05) is 0 Å². The number of nitrogens with one attached hydrogen (secondary N) is 1. The Labute approximate surface area is 151 Å². The minimum atomic E-state index is -0.797. The van der Waals surface area contributed by atoms with Crippen molar-refractivity contribution in [2.45, 2.75) is 25.7 Å². The number of carbonyl (C=O) groups is 1. The third-order valence-electron chi connectivity index (χ3n) is 4.10. The maximum atomic E-state index is 12.5. The molecule has 1 aromatic carbocycles. The molecule has 2 aromatic rings. The predicted octanol–water partition coefficient (Wildman–Crippen LogP) is 3.57. The number of aryl methyl sites for hydroxylation is 1. The van der Waals surface area contributed by atoms with Gasteiger partial charge in [0.1, 0.15) is 11.1 Å². The summed E-state index contributed by atoms with van der Waals surface area (Å²) < 4.78 is 0. The van der Waals surface area contributed by atoms with Gasteiger partial charge < -0.3 is 5.32 Å². The van der Waals surface area contributed by atoms with Crippen molar-refractivity contribution in [1.82, 2.24) is 0 Å². The molecule has 0 aliphatic heterocycles. The normalized spacial score (nSPS) is 12.7. The molecule has 1 amide bonds. The Bertz CT molecular complexity index is 944. The van der Waals surface area contributed by atoms with Crippen LogP contribution < -0.4 is 5.32 Å². The molecule has 0 saturated heterocycles. The molecule has 0 bridgehead atoms. The van der Waals surface area contributed by atoms with Crippen molar-refractivity contribution in [2.75, 3.05) is 5.32 Å². The van der Waals surface area contributed by atoms with Crippen LogP contribution in [0.4, 0.5) is 16.4 Å². The van der Waals surface area contributed by atoms with Crippen LogP contribution in [-0.2, 0) is 12.8 Å². The number of nitriles is 1.